The van der Waals surface area contributed by atoms with Crippen LogP contribution in [0.25, 0.3) is 0 Å². The number of methoxy groups -OCH3 is 1. The first-order valence-electron chi connectivity index (χ1n) is 14.3. The summed E-state index contributed by atoms with van der Waals surface area (Å²) in [5, 5.41) is 3.18. The first kappa shape index (κ1) is 30.3. The largest absolute Gasteiger partial charge is 0.494 e. The van der Waals surface area contributed by atoms with Crippen LogP contribution in [0.5, 0.6) is 5.75 Å². The molecular weight excluding hydrogens is 556 g/mol. The SMILES string of the molecule is COc1cc(N2CC[C@@H](N(C)C)C2)c(N)cc1Nc1ncc(C(=O)OC(C)C)c(N2CC(C)(C)c3cc(F)c(F)cc32)n1. The Labute approximate surface area is 250 Å². The highest BCUT2D eigenvalue weighted by molar-refractivity contribution is 5.96. The van der Waals surface area contributed by atoms with E-state index in [0.29, 0.717) is 41.0 Å². The van der Waals surface area contributed by atoms with Gasteiger partial charge in [-0.1, -0.05) is 13.8 Å². The van der Waals surface area contributed by atoms with E-state index in [1.165, 1.54) is 12.3 Å². The lowest BCUT2D eigenvalue weighted by molar-refractivity contribution is 0.0378. The molecule has 2 aromatic carbocycles. The Hall–Kier alpha value is -4.19. The Morgan fingerprint density at radius 2 is 1.88 bits per heavy atom. The predicted octanol–water partition coefficient (Wildman–Crippen LogP) is 5.22. The maximum absolute atomic E-state index is 14.5. The number of hydrogen-bond acceptors (Lipinski definition) is 10. The maximum atomic E-state index is 14.5. The number of nitrogens with one attached hydrogen (secondary N) is 1. The fraction of sp³-hybridized carbons (Fsp3) is 0.452. The Balaban J connectivity index is 1.54. The highest BCUT2D eigenvalue weighted by Gasteiger charge is 2.39. The van der Waals surface area contributed by atoms with E-state index in [4.69, 9.17) is 20.2 Å². The van der Waals surface area contributed by atoms with E-state index in [0.717, 1.165) is 31.3 Å². The number of rotatable bonds is 8. The first-order valence-corrected chi connectivity index (χ1v) is 14.3. The molecule has 0 saturated carbocycles. The second-order valence-electron chi connectivity index (χ2n) is 12.2. The maximum Gasteiger partial charge on any atom is 0.343 e. The average Bonchev–Trinajstić information content (AvgIpc) is 3.52. The van der Waals surface area contributed by atoms with Crippen LogP contribution in [0, 0.1) is 11.6 Å². The monoisotopic (exact) mass is 595 g/mol. The van der Waals surface area contributed by atoms with Crippen molar-refractivity contribution in [2.45, 2.75) is 51.7 Å². The van der Waals surface area contributed by atoms with Crippen LogP contribution in [-0.2, 0) is 10.2 Å². The van der Waals surface area contributed by atoms with Crippen LogP contribution in [-0.4, -0.2) is 73.8 Å². The van der Waals surface area contributed by atoms with Gasteiger partial charge < -0.3 is 35.2 Å². The van der Waals surface area contributed by atoms with Gasteiger partial charge in [0, 0.05) is 55.1 Å². The molecular formula is C31H39F2N7O3. The summed E-state index contributed by atoms with van der Waals surface area (Å²) < 4.78 is 39.9. The molecule has 10 nitrogen and oxygen atoms in total. The van der Waals surface area contributed by atoms with Gasteiger partial charge in [0.1, 0.15) is 11.3 Å². The number of anilines is 6. The van der Waals surface area contributed by atoms with Crippen molar-refractivity contribution in [3.63, 3.8) is 0 Å². The highest BCUT2D eigenvalue weighted by atomic mass is 19.2. The molecule has 0 unspecified atom stereocenters. The van der Waals surface area contributed by atoms with E-state index in [1.807, 2.05) is 19.9 Å². The minimum Gasteiger partial charge on any atom is -0.494 e. The van der Waals surface area contributed by atoms with Gasteiger partial charge in [-0.2, -0.15) is 4.98 Å². The fourth-order valence-electron chi connectivity index (χ4n) is 5.75. The van der Waals surface area contributed by atoms with Gasteiger partial charge in [-0.25, -0.2) is 18.6 Å². The second kappa shape index (κ2) is 11.5. The molecule has 0 aliphatic carbocycles. The quantitative estimate of drug-likeness (QED) is 0.266. The van der Waals surface area contributed by atoms with Gasteiger partial charge in [-0.3, -0.25) is 0 Å². The number of hydrogen-bond donors (Lipinski definition) is 2. The zero-order valence-electron chi connectivity index (χ0n) is 25.7. The molecule has 2 aliphatic rings. The van der Waals surface area contributed by atoms with Crippen LogP contribution in [0.2, 0.25) is 0 Å². The molecule has 1 aromatic heterocycles. The number of halogens is 2. The van der Waals surface area contributed by atoms with Gasteiger partial charge in [-0.05, 0) is 52.1 Å². The van der Waals surface area contributed by atoms with Crippen molar-refractivity contribution in [2.75, 3.05) is 61.7 Å². The van der Waals surface area contributed by atoms with E-state index >= 15 is 0 Å². The zero-order valence-corrected chi connectivity index (χ0v) is 25.7. The Kier molecular flexibility index (Phi) is 8.08. The van der Waals surface area contributed by atoms with E-state index < -0.39 is 23.0 Å². The molecule has 3 heterocycles. The number of ether oxygens (including phenoxy) is 2. The molecule has 5 rings (SSSR count). The lowest BCUT2D eigenvalue weighted by atomic mass is 9.87. The minimum atomic E-state index is -0.990. The Bertz CT molecular complexity index is 1550. The average molecular weight is 596 g/mol. The van der Waals surface area contributed by atoms with Crippen molar-refractivity contribution in [3.8, 4) is 5.75 Å². The second-order valence-corrected chi connectivity index (χ2v) is 12.2. The smallest absolute Gasteiger partial charge is 0.343 e. The van der Waals surface area contributed by atoms with Gasteiger partial charge in [0.15, 0.2) is 17.5 Å². The van der Waals surface area contributed by atoms with E-state index in [-0.39, 0.29) is 23.4 Å². The molecule has 43 heavy (non-hydrogen) atoms. The molecule has 1 atom stereocenters. The molecule has 0 amide bonds. The summed E-state index contributed by atoms with van der Waals surface area (Å²) in [6, 6.07) is 6.43. The third kappa shape index (κ3) is 5.88. The molecule has 3 N–H and O–H groups in total. The van der Waals surface area contributed by atoms with Crippen molar-refractivity contribution < 1.29 is 23.0 Å². The fourth-order valence-corrected chi connectivity index (χ4v) is 5.75. The van der Waals surface area contributed by atoms with Crippen molar-refractivity contribution in [1.29, 1.82) is 0 Å². The molecule has 0 bridgehead atoms. The number of carbonyl (C=O) groups excluding carboxylic acids is 1. The van der Waals surface area contributed by atoms with Crippen LogP contribution < -0.4 is 25.6 Å². The summed E-state index contributed by atoms with van der Waals surface area (Å²) in [5.41, 5.74) is 9.05. The lowest BCUT2D eigenvalue weighted by Gasteiger charge is -2.25. The van der Waals surface area contributed by atoms with Gasteiger partial charge in [0.2, 0.25) is 5.95 Å². The standard InChI is InChI=1S/C31H39F2N7O3/c1-17(2)43-29(41)19-14-35-30(37-28(19)40-16-31(3,4)20-10-21(32)22(33)11-25(20)40)36-24-12-23(34)26(13-27(24)42-7)39-9-8-18(15-39)38(5)6/h10-14,17-18H,8-9,15-16,34H2,1-7H3,(H,35,36,37)/t18-/m1/s1. The molecule has 2 aliphatic heterocycles. The topological polar surface area (TPSA) is 109 Å². The van der Waals surface area contributed by atoms with Gasteiger partial charge in [-0.15, -0.1) is 0 Å². The minimum absolute atomic E-state index is 0.0962. The summed E-state index contributed by atoms with van der Waals surface area (Å²) in [4.78, 5) is 28.4. The number of nitrogens with two attached hydrogens (primary N) is 1. The third-order valence-corrected chi connectivity index (χ3v) is 8.03. The first-order chi connectivity index (χ1) is 20.3. The van der Waals surface area contributed by atoms with Gasteiger partial charge in [0.25, 0.3) is 0 Å². The van der Waals surface area contributed by atoms with E-state index in [9.17, 15) is 13.6 Å². The summed E-state index contributed by atoms with van der Waals surface area (Å²) in [6.07, 6.45) is 2.02. The summed E-state index contributed by atoms with van der Waals surface area (Å²) >= 11 is 0. The summed E-state index contributed by atoms with van der Waals surface area (Å²) in [7, 11) is 5.72. The molecule has 0 spiro atoms. The van der Waals surface area contributed by atoms with Gasteiger partial charge in [0.05, 0.1) is 30.3 Å². The normalized spacial score (nSPS) is 17.5. The van der Waals surface area contributed by atoms with Crippen molar-refractivity contribution >= 4 is 40.5 Å². The predicted molar refractivity (Wildman–Crippen MR) is 164 cm³/mol. The number of benzene rings is 2. The Morgan fingerprint density at radius 3 is 2.53 bits per heavy atom. The van der Waals surface area contributed by atoms with E-state index in [1.54, 1.807) is 31.9 Å². The lowest BCUT2D eigenvalue weighted by Crippen LogP contribution is -2.31. The van der Waals surface area contributed by atoms with Crippen LogP contribution in [0.4, 0.5) is 43.3 Å². The summed E-state index contributed by atoms with van der Waals surface area (Å²) in [6.45, 7) is 9.37. The van der Waals surface area contributed by atoms with Crippen molar-refractivity contribution in [3.05, 3.63) is 53.2 Å². The van der Waals surface area contributed by atoms with Crippen LogP contribution in [0.15, 0.2) is 30.5 Å². The molecule has 230 valence electrons. The Morgan fingerprint density at radius 1 is 1.16 bits per heavy atom. The molecule has 12 heteroatoms. The number of nitrogens with zero attached hydrogens (tertiary/aromatic N) is 5. The number of aromatic nitrogens is 2. The van der Waals surface area contributed by atoms with Gasteiger partial charge >= 0.3 is 5.97 Å². The summed E-state index contributed by atoms with van der Waals surface area (Å²) in [5.74, 6) is -1.65. The van der Waals surface area contributed by atoms with E-state index in [2.05, 4.69) is 34.2 Å². The number of esters is 1. The van der Waals surface area contributed by atoms with Crippen LogP contribution in [0.1, 0.15) is 50.0 Å². The number of nitrogen functional groups attached to an aromatic ring is 1. The van der Waals surface area contributed by atoms with Crippen molar-refractivity contribution in [1.82, 2.24) is 14.9 Å². The molecule has 1 fully saturated rings. The van der Waals surface area contributed by atoms with Crippen LogP contribution in [0.3, 0.4) is 0 Å². The number of carbonyl (C=O) groups is 1. The molecule has 1 saturated heterocycles. The highest BCUT2D eigenvalue weighted by Crippen LogP contribution is 2.46. The molecule has 0 radical (unpaired) electrons. The number of likely N-dealkylation sites (N-methyl/N-ethyl adjacent to an activating group) is 1. The molecule has 3 aromatic rings. The number of fused-ring (bicyclic) bond motifs is 1. The van der Waals surface area contributed by atoms with Crippen molar-refractivity contribution in [2.24, 2.45) is 0 Å². The third-order valence-electron chi connectivity index (χ3n) is 8.03. The van der Waals surface area contributed by atoms with Crippen LogP contribution >= 0.6 is 0 Å². The zero-order chi connectivity index (χ0) is 31.2.